The highest BCUT2D eigenvalue weighted by atomic mass is 16.7. The Kier molecular flexibility index (Phi) is 4.66. The van der Waals surface area contributed by atoms with Gasteiger partial charge >= 0.3 is 0 Å². The number of carbonyl (C=O) groups is 1. The molecule has 5 heteroatoms. The third-order valence-corrected chi connectivity index (χ3v) is 5.16. The van der Waals surface area contributed by atoms with E-state index in [9.17, 15) is 4.79 Å². The molecule has 2 aliphatic rings. The quantitative estimate of drug-likeness (QED) is 0.849. The lowest BCUT2D eigenvalue weighted by molar-refractivity contribution is -0.181. The fourth-order valence-electron chi connectivity index (χ4n) is 3.69. The van der Waals surface area contributed by atoms with Crippen LogP contribution in [0.25, 0.3) is 11.1 Å². The number of hydrogen-bond donors (Lipinski definition) is 0. The molecule has 4 rings (SSSR count). The normalized spacial score (nSPS) is 18.9. The van der Waals surface area contributed by atoms with Crippen LogP contribution in [0.4, 0.5) is 0 Å². The molecule has 0 aliphatic carbocycles. The molecule has 1 spiro atoms. The molecule has 0 saturated carbocycles. The summed E-state index contributed by atoms with van der Waals surface area (Å²) in [6.45, 7) is 2.52. The van der Waals surface area contributed by atoms with Gasteiger partial charge in [0.1, 0.15) is 5.75 Å². The van der Waals surface area contributed by atoms with E-state index in [-0.39, 0.29) is 5.91 Å². The number of ether oxygens (including phenoxy) is 3. The number of carbonyl (C=O) groups excluding carboxylic acids is 1. The number of hydrogen-bond acceptors (Lipinski definition) is 4. The van der Waals surface area contributed by atoms with Gasteiger partial charge in [-0.15, -0.1) is 0 Å². The minimum Gasteiger partial charge on any atom is -0.496 e. The van der Waals surface area contributed by atoms with Crippen LogP contribution in [0.1, 0.15) is 23.2 Å². The lowest BCUT2D eigenvalue weighted by Crippen LogP contribution is -2.47. The summed E-state index contributed by atoms with van der Waals surface area (Å²) in [5, 5.41) is 0. The molecule has 0 radical (unpaired) electrons. The van der Waals surface area contributed by atoms with E-state index >= 15 is 0 Å². The maximum atomic E-state index is 13.1. The van der Waals surface area contributed by atoms with Crippen molar-refractivity contribution in [2.24, 2.45) is 0 Å². The molecule has 26 heavy (non-hydrogen) atoms. The summed E-state index contributed by atoms with van der Waals surface area (Å²) in [6.07, 6.45) is 1.42. The van der Waals surface area contributed by atoms with E-state index in [1.807, 2.05) is 53.4 Å². The van der Waals surface area contributed by atoms with Gasteiger partial charge in [0.2, 0.25) is 0 Å². The van der Waals surface area contributed by atoms with Gasteiger partial charge in [-0.05, 0) is 23.3 Å². The second kappa shape index (κ2) is 7.09. The summed E-state index contributed by atoms with van der Waals surface area (Å²) in [4.78, 5) is 15.0. The molecule has 1 amide bonds. The van der Waals surface area contributed by atoms with Crippen molar-refractivity contribution in [3.8, 4) is 16.9 Å². The molecule has 2 saturated heterocycles. The highest BCUT2D eigenvalue weighted by Crippen LogP contribution is 2.33. The monoisotopic (exact) mass is 353 g/mol. The van der Waals surface area contributed by atoms with E-state index < -0.39 is 5.79 Å². The third-order valence-electron chi connectivity index (χ3n) is 5.16. The van der Waals surface area contributed by atoms with E-state index in [0.717, 1.165) is 11.1 Å². The van der Waals surface area contributed by atoms with Crippen LogP contribution in [0.5, 0.6) is 5.75 Å². The number of piperidine rings is 1. The molecule has 2 aromatic rings. The molecule has 0 aromatic heterocycles. The molecular formula is C21H23NO4. The topological polar surface area (TPSA) is 48.0 Å². The Morgan fingerprint density at radius 2 is 1.69 bits per heavy atom. The molecule has 0 bridgehead atoms. The second-order valence-electron chi connectivity index (χ2n) is 6.68. The lowest BCUT2D eigenvalue weighted by Gasteiger charge is -2.37. The molecule has 2 aliphatic heterocycles. The Labute approximate surface area is 153 Å². The van der Waals surface area contributed by atoms with Gasteiger partial charge in [0.05, 0.1) is 25.9 Å². The van der Waals surface area contributed by atoms with Gasteiger partial charge < -0.3 is 19.1 Å². The van der Waals surface area contributed by atoms with Crippen LogP contribution in [0.3, 0.4) is 0 Å². The first-order valence-corrected chi connectivity index (χ1v) is 9.01. The Morgan fingerprint density at radius 3 is 2.35 bits per heavy atom. The molecule has 2 heterocycles. The third kappa shape index (κ3) is 3.20. The highest BCUT2D eigenvalue weighted by Gasteiger charge is 2.41. The zero-order chi connectivity index (χ0) is 18.0. The molecular weight excluding hydrogens is 330 g/mol. The van der Waals surface area contributed by atoms with Crippen molar-refractivity contribution in [2.45, 2.75) is 18.6 Å². The number of amides is 1. The second-order valence-corrected chi connectivity index (χ2v) is 6.68. The number of methoxy groups -OCH3 is 1. The predicted octanol–water partition coefficient (Wildman–Crippen LogP) is 3.34. The minimum atomic E-state index is -0.479. The smallest absolute Gasteiger partial charge is 0.257 e. The molecule has 136 valence electrons. The van der Waals surface area contributed by atoms with Crippen LogP contribution in [-0.2, 0) is 9.47 Å². The van der Waals surface area contributed by atoms with Crippen molar-refractivity contribution in [1.82, 2.24) is 4.90 Å². The van der Waals surface area contributed by atoms with Gasteiger partial charge in [-0.3, -0.25) is 4.79 Å². The Hall–Kier alpha value is -2.37. The number of rotatable bonds is 3. The fraction of sp³-hybridized carbons (Fsp3) is 0.381. The molecule has 2 aromatic carbocycles. The van der Waals surface area contributed by atoms with E-state index in [0.29, 0.717) is 50.5 Å². The fourth-order valence-corrected chi connectivity index (χ4v) is 3.69. The molecule has 5 nitrogen and oxygen atoms in total. The van der Waals surface area contributed by atoms with Gasteiger partial charge in [-0.25, -0.2) is 0 Å². The van der Waals surface area contributed by atoms with Crippen molar-refractivity contribution < 1.29 is 19.0 Å². The maximum Gasteiger partial charge on any atom is 0.257 e. The van der Waals surface area contributed by atoms with Gasteiger partial charge in [0.15, 0.2) is 5.79 Å². The molecule has 2 fully saturated rings. The van der Waals surface area contributed by atoms with Crippen molar-refractivity contribution in [3.63, 3.8) is 0 Å². The van der Waals surface area contributed by atoms with E-state index in [1.165, 1.54) is 0 Å². The van der Waals surface area contributed by atoms with E-state index in [4.69, 9.17) is 14.2 Å². The van der Waals surface area contributed by atoms with Crippen LogP contribution in [0, 0.1) is 0 Å². The van der Waals surface area contributed by atoms with Crippen LogP contribution in [0.15, 0.2) is 48.5 Å². The van der Waals surface area contributed by atoms with Crippen molar-refractivity contribution in [1.29, 1.82) is 0 Å². The van der Waals surface area contributed by atoms with Gasteiger partial charge in [0.25, 0.3) is 5.91 Å². The highest BCUT2D eigenvalue weighted by molar-refractivity contribution is 5.98. The zero-order valence-electron chi connectivity index (χ0n) is 14.9. The summed E-state index contributed by atoms with van der Waals surface area (Å²) < 4.78 is 16.9. The van der Waals surface area contributed by atoms with Crippen LogP contribution in [-0.4, -0.2) is 50.0 Å². The Morgan fingerprint density at radius 1 is 1.00 bits per heavy atom. The van der Waals surface area contributed by atoms with Gasteiger partial charge in [-0.2, -0.15) is 0 Å². The molecule has 0 atom stereocenters. The Bertz CT molecular complexity index is 774. The van der Waals surface area contributed by atoms with E-state index in [2.05, 4.69) is 0 Å². The van der Waals surface area contributed by atoms with E-state index in [1.54, 1.807) is 7.11 Å². The molecule has 0 unspecified atom stereocenters. The van der Waals surface area contributed by atoms with Gasteiger partial charge in [0, 0.05) is 25.9 Å². The summed E-state index contributed by atoms with van der Waals surface area (Å²) in [6, 6.07) is 15.8. The number of likely N-dealkylation sites (tertiary alicyclic amines) is 1. The van der Waals surface area contributed by atoms with Crippen molar-refractivity contribution >= 4 is 5.91 Å². The number of nitrogens with zero attached hydrogens (tertiary/aromatic N) is 1. The minimum absolute atomic E-state index is 0.00696. The van der Waals surface area contributed by atoms with Crippen LogP contribution in [0.2, 0.25) is 0 Å². The van der Waals surface area contributed by atoms with Crippen LogP contribution < -0.4 is 4.74 Å². The first kappa shape index (κ1) is 17.1. The standard InChI is InChI=1S/C21H23NO4/c1-24-19-8-7-17(16-5-3-2-4-6-16)15-18(19)20(23)22-11-9-21(10-12-22)25-13-14-26-21/h2-8,15H,9-14H2,1H3. The maximum absolute atomic E-state index is 13.1. The average molecular weight is 353 g/mol. The summed E-state index contributed by atoms with van der Waals surface area (Å²) in [5.74, 6) is 0.114. The Balaban J connectivity index is 1.57. The summed E-state index contributed by atoms with van der Waals surface area (Å²) in [5.41, 5.74) is 2.68. The number of benzene rings is 2. The molecule has 0 N–H and O–H groups in total. The lowest BCUT2D eigenvalue weighted by atomic mass is 9.99. The summed E-state index contributed by atoms with van der Waals surface area (Å²) in [7, 11) is 1.60. The summed E-state index contributed by atoms with van der Waals surface area (Å²) >= 11 is 0. The first-order valence-electron chi connectivity index (χ1n) is 9.01. The van der Waals surface area contributed by atoms with Crippen LogP contribution >= 0.6 is 0 Å². The zero-order valence-corrected chi connectivity index (χ0v) is 14.9. The van der Waals surface area contributed by atoms with Crippen molar-refractivity contribution in [3.05, 3.63) is 54.1 Å². The SMILES string of the molecule is COc1ccc(-c2ccccc2)cc1C(=O)N1CCC2(CC1)OCCO2. The largest absolute Gasteiger partial charge is 0.496 e. The predicted molar refractivity (Wildman–Crippen MR) is 98.2 cm³/mol. The average Bonchev–Trinajstić information content (AvgIpc) is 3.16. The first-order chi connectivity index (χ1) is 12.7. The van der Waals surface area contributed by atoms with Crippen molar-refractivity contribution in [2.75, 3.05) is 33.4 Å². The van der Waals surface area contributed by atoms with Gasteiger partial charge in [-0.1, -0.05) is 36.4 Å².